The molecule has 1 amide bonds. The van der Waals surface area contributed by atoms with Crippen molar-refractivity contribution >= 4 is 12.2 Å². The first-order valence-electron chi connectivity index (χ1n) is 3.63. The molecule has 0 aliphatic carbocycles. The number of nitrogens with zero attached hydrogens (tertiary/aromatic N) is 2. The third kappa shape index (κ3) is 2.90. The van der Waals surface area contributed by atoms with Crippen LogP contribution in [-0.4, -0.2) is 21.2 Å². The summed E-state index contributed by atoms with van der Waals surface area (Å²) in [5, 5.41) is 10.5. The summed E-state index contributed by atoms with van der Waals surface area (Å²) in [6.45, 7) is 3.68. The van der Waals surface area contributed by atoms with Crippen molar-refractivity contribution in [1.29, 1.82) is 0 Å². The Morgan fingerprint density at radius 2 is 2.54 bits per heavy atom. The average Bonchev–Trinajstić information content (AvgIpc) is 2.15. The molecular weight excluding hydrogens is 170 g/mol. The van der Waals surface area contributed by atoms with Gasteiger partial charge in [0.25, 0.3) is 0 Å². The molecule has 0 aliphatic rings. The van der Waals surface area contributed by atoms with E-state index in [1.54, 1.807) is 12.3 Å². The van der Waals surface area contributed by atoms with Gasteiger partial charge in [0.15, 0.2) is 5.82 Å². The maximum absolute atomic E-state index is 10.2. The van der Waals surface area contributed by atoms with Crippen LogP contribution < -0.4 is 5.32 Å². The smallest absolute Gasteiger partial charge is 0.404 e. The average molecular weight is 179 g/mol. The first-order chi connectivity index (χ1) is 6.22. The van der Waals surface area contributed by atoms with Gasteiger partial charge in [-0.15, -0.1) is 0 Å². The van der Waals surface area contributed by atoms with Crippen LogP contribution in [0.5, 0.6) is 0 Å². The van der Waals surface area contributed by atoms with Crippen LogP contribution in [0, 0.1) is 0 Å². The fraction of sp³-hybridized carbons (Fsp3) is 0.125. The minimum atomic E-state index is -1.07. The molecule has 1 rings (SSSR count). The second-order valence-electron chi connectivity index (χ2n) is 2.27. The number of hydrogen-bond donors (Lipinski definition) is 2. The molecule has 0 atom stereocenters. The van der Waals surface area contributed by atoms with Crippen molar-refractivity contribution in [3.05, 3.63) is 30.4 Å². The Labute approximate surface area is 75.1 Å². The van der Waals surface area contributed by atoms with Gasteiger partial charge in [-0.1, -0.05) is 6.58 Å². The third-order valence-corrected chi connectivity index (χ3v) is 1.34. The van der Waals surface area contributed by atoms with Crippen molar-refractivity contribution in [2.45, 2.75) is 6.54 Å². The topological polar surface area (TPSA) is 75.1 Å². The van der Waals surface area contributed by atoms with Crippen molar-refractivity contribution in [1.82, 2.24) is 15.3 Å². The van der Waals surface area contributed by atoms with E-state index in [1.807, 2.05) is 0 Å². The lowest BCUT2D eigenvalue weighted by atomic mass is 10.4. The standard InChI is InChI=1S/C8H9N3O2/c1-2-7-9-4-3-6(11-7)5-10-8(12)13/h2-4,10H,1,5H2,(H,12,13). The summed E-state index contributed by atoms with van der Waals surface area (Å²) < 4.78 is 0. The number of aromatic nitrogens is 2. The predicted molar refractivity (Wildman–Crippen MR) is 47.0 cm³/mol. The van der Waals surface area contributed by atoms with Gasteiger partial charge in [-0.3, -0.25) is 0 Å². The molecule has 0 radical (unpaired) electrons. The number of hydrogen-bond acceptors (Lipinski definition) is 3. The molecule has 0 aliphatic heterocycles. The molecule has 0 aromatic carbocycles. The molecule has 0 saturated carbocycles. The van der Waals surface area contributed by atoms with Gasteiger partial charge in [0.2, 0.25) is 0 Å². The van der Waals surface area contributed by atoms with Crippen molar-refractivity contribution < 1.29 is 9.90 Å². The van der Waals surface area contributed by atoms with Gasteiger partial charge >= 0.3 is 6.09 Å². The summed E-state index contributed by atoms with van der Waals surface area (Å²) in [4.78, 5) is 18.0. The van der Waals surface area contributed by atoms with E-state index >= 15 is 0 Å². The van der Waals surface area contributed by atoms with Crippen LogP contribution in [0.2, 0.25) is 0 Å². The Balaban J connectivity index is 2.66. The summed E-state index contributed by atoms with van der Waals surface area (Å²) in [5.41, 5.74) is 0.618. The predicted octanol–water partition coefficient (Wildman–Crippen LogP) is 0.887. The molecule has 5 nitrogen and oxygen atoms in total. The lowest BCUT2D eigenvalue weighted by Crippen LogP contribution is -2.20. The van der Waals surface area contributed by atoms with Gasteiger partial charge in [-0.2, -0.15) is 0 Å². The monoisotopic (exact) mass is 179 g/mol. The van der Waals surface area contributed by atoms with E-state index in [2.05, 4.69) is 21.9 Å². The molecule has 13 heavy (non-hydrogen) atoms. The minimum absolute atomic E-state index is 0.179. The van der Waals surface area contributed by atoms with Gasteiger partial charge in [-0.25, -0.2) is 14.8 Å². The van der Waals surface area contributed by atoms with Crippen LogP contribution in [0.4, 0.5) is 4.79 Å². The van der Waals surface area contributed by atoms with Crippen LogP contribution in [-0.2, 0) is 6.54 Å². The van der Waals surface area contributed by atoms with E-state index in [0.717, 1.165) is 0 Å². The zero-order valence-electron chi connectivity index (χ0n) is 6.90. The highest BCUT2D eigenvalue weighted by Crippen LogP contribution is 1.95. The highest BCUT2D eigenvalue weighted by atomic mass is 16.4. The number of nitrogens with one attached hydrogen (secondary N) is 1. The van der Waals surface area contributed by atoms with Crippen molar-refractivity contribution in [2.24, 2.45) is 0 Å². The zero-order valence-corrected chi connectivity index (χ0v) is 6.90. The number of rotatable bonds is 3. The Morgan fingerprint density at radius 1 is 1.77 bits per heavy atom. The Morgan fingerprint density at radius 3 is 3.15 bits per heavy atom. The molecule has 0 unspecified atom stereocenters. The molecule has 1 aromatic heterocycles. The van der Waals surface area contributed by atoms with Crippen LogP contribution >= 0.6 is 0 Å². The maximum atomic E-state index is 10.2. The van der Waals surface area contributed by atoms with Gasteiger partial charge in [0.1, 0.15) is 0 Å². The van der Waals surface area contributed by atoms with Crippen molar-refractivity contribution in [3.8, 4) is 0 Å². The molecular formula is C8H9N3O2. The van der Waals surface area contributed by atoms with E-state index in [-0.39, 0.29) is 6.54 Å². The molecule has 0 spiro atoms. The summed E-state index contributed by atoms with van der Waals surface area (Å²) in [5.74, 6) is 0.490. The Hall–Kier alpha value is -1.91. The lowest BCUT2D eigenvalue weighted by molar-refractivity contribution is 0.194. The second-order valence-corrected chi connectivity index (χ2v) is 2.27. The zero-order chi connectivity index (χ0) is 9.68. The highest BCUT2D eigenvalue weighted by Gasteiger charge is 1.98. The number of amides is 1. The Kier molecular flexibility index (Phi) is 2.97. The number of carboxylic acid groups (broad SMARTS) is 1. The Bertz CT molecular complexity index is 325. The lowest BCUT2D eigenvalue weighted by Gasteiger charge is -2.00. The van der Waals surface area contributed by atoms with Crippen molar-refractivity contribution in [2.75, 3.05) is 0 Å². The van der Waals surface area contributed by atoms with Crippen molar-refractivity contribution in [3.63, 3.8) is 0 Å². The summed E-state index contributed by atoms with van der Waals surface area (Å²) >= 11 is 0. The molecule has 0 saturated heterocycles. The molecule has 2 N–H and O–H groups in total. The minimum Gasteiger partial charge on any atom is -0.465 e. The van der Waals surface area contributed by atoms with E-state index in [0.29, 0.717) is 11.5 Å². The van der Waals surface area contributed by atoms with Crippen LogP contribution in [0.1, 0.15) is 11.5 Å². The summed E-state index contributed by atoms with van der Waals surface area (Å²) in [6, 6.07) is 1.64. The largest absolute Gasteiger partial charge is 0.465 e. The van der Waals surface area contributed by atoms with Gasteiger partial charge in [-0.05, 0) is 12.1 Å². The third-order valence-electron chi connectivity index (χ3n) is 1.34. The maximum Gasteiger partial charge on any atom is 0.404 e. The SMILES string of the molecule is C=Cc1nccc(CNC(=O)O)n1. The van der Waals surface area contributed by atoms with E-state index in [4.69, 9.17) is 5.11 Å². The molecule has 0 fully saturated rings. The normalized spacial score (nSPS) is 9.23. The number of carbonyl (C=O) groups is 1. The molecule has 0 bridgehead atoms. The van der Waals surface area contributed by atoms with Gasteiger partial charge in [0.05, 0.1) is 12.2 Å². The van der Waals surface area contributed by atoms with Gasteiger partial charge in [0, 0.05) is 6.20 Å². The first-order valence-corrected chi connectivity index (χ1v) is 3.63. The van der Waals surface area contributed by atoms with E-state index < -0.39 is 6.09 Å². The molecule has 68 valence electrons. The fourth-order valence-corrected chi connectivity index (χ4v) is 0.776. The second kappa shape index (κ2) is 4.20. The molecule has 5 heteroatoms. The molecule has 1 heterocycles. The first kappa shape index (κ1) is 9.18. The fourth-order valence-electron chi connectivity index (χ4n) is 0.776. The van der Waals surface area contributed by atoms with Gasteiger partial charge < -0.3 is 10.4 Å². The quantitative estimate of drug-likeness (QED) is 0.722. The van der Waals surface area contributed by atoms with Crippen LogP contribution in [0.3, 0.4) is 0 Å². The van der Waals surface area contributed by atoms with E-state index in [9.17, 15) is 4.79 Å². The van der Waals surface area contributed by atoms with E-state index in [1.165, 1.54) is 6.08 Å². The molecule has 1 aromatic rings. The summed E-state index contributed by atoms with van der Waals surface area (Å²) in [6.07, 6.45) is 1.99. The van der Waals surface area contributed by atoms with Crippen LogP contribution in [0.25, 0.3) is 6.08 Å². The highest BCUT2D eigenvalue weighted by molar-refractivity contribution is 5.64. The summed E-state index contributed by atoms with van der Waals surface area (Å²) in [7, 11) is 0. The van der Waals surface area contributed by atoms with Crippen LogP contribution in [0.15, 0.2) is 18.8 Å².